The van der Waals surface area contributed by atoms with E-state index in [9.17, 15) is 4.79 Å². The number of carbonyl (C=O) groups is 1. The van der Waals surface area contributed by atoms with Crippen LogP contribution in [0.5, 0.6) is 0 Å². The summed E-state index contributed by atoms with van der Waals surface area (Å²) in [6, 6.07) is -0.282. The summed E-state index contributed by atoms with van der Waals surface area (Å²) in [4.78, 5) is 17.4. The number of anilines is 1. The smallest absolute Gasteiger partial charge is 0.329 e. The highest BCUT2D eigenvalue weighted by Gasteiger charge is 2.30. The molecule has 0 amide bonds. The summed E-state index contributed by atoms with van der Waals surface area (Å²) in [7, 11) is 0. The molecule has 1 aliphatic rings. The lowest BCUT2D eigenvalue weighted by molar-refractivity contribution is -0.156. The minimum atomic E-state index is -0.443. The van der Waals surface area contributed by atoms with Crippen molar-refractivity contribution in [3.63, 3.8) is 0 Å². The minimum absolute atomic E-state index is 0.202. The van der Waals surface area contributed by atoms with E-state index in [1.165, 1.54) is 4.88 Å². The molecule has 0 saturated heterocycles. The Kier molecular flexibility index (Phi) is 3.45. The average Bonchev–Trinajstić information content (AvgIpc) is 2.53. The first-order valence-corrected chi connectivity index (χ1v) is 7.11. The van der Waals surface area contributed by atoms with Crippen molar-refractivity contribution in [1.29, 1.82) is 0 Å². The van der Waals surface area contributed by atoms with Crippen LogP contribution in [0, 0.1) is 0 Å². The largest absolute Gasteiger partial charge is 0.458 e. The SMILES string of the molecule is CC(C)(C)OC(=O)C1CCc2sc(Br)nc2N1. The van der Waals surface area contributed by atoms with Crippen LogP contribution in [-0.4, -0.2) is 22.6 Å². The number of esters is 1. The van der Waals surface area contributed by atoms with Crippen molar-refractivity contribution < 1.29 is 9.53 Å². The minimum Gasteiger partial charge on any atom is -0.458 e. The summed E-state index contributed by atoms with van der Waals surface area (Å²) >= 11 is 4.96. The normalized spacial score (nSPS) is 19.4. The summed E-state index contributed by atoms with van der Waals surface area (Å²) in [5.74, 6) is 0.608. The van der Waals surface area contributed by atoms with E-state index in [2.05, 4.69) is 26.2 Å². The molecule has 17 heavy (non-hydrogen) atoms. The Morgan fingerprint density at radius 3 is 2.94 bits per heavy atom. The van der Waals surface area contributed by atoms with Gasteiger partial charge in [0.2, 0.25) is 0 Å². The number of aromatic nitrogens is 1. The number of nitrogens with zero attached hydrogens (tertiary/aromatic N) is 1. The quantitative estimate of drug-likeness (QED) is 0.809. The van der Waals surface area contributed by atoms with Crippen LogP contribution in [0.25, 0.3) is 0 Å². The molecular formula is C11H15BrN2O2S. The van der Waals surface area contributed by atoms with Crippen LogP contribution >= 0.6 is 27.3 Å². The van der Waals surface area contributed by atoms with Gasteiger partial charge in [0.25, 0.3) is 0 Å². The van der Waals surface area contributed by atoms with Crippen molar-refractivity contribution >= 4 is 39.1 Å². The van der Waals surface area contributed by atoms with Gasteiger partial charge >= 0.3 is 5.97 Å². The molecule has 1 aliphatic heterocycles. The number of nitrogens with one attached hydrogen (secondary N) is 1. The highest BCUT2D eigenvalue weighted by Crippen LogP contribution is 2.32. The van der Waals surface area contributed by atoms with Gasteiger partial charge in [-0.1, -0.05) is 0 Å². The van der Waals surface area contributed by atoms with E-state index in [4.69, 9.17) is 4.74 Å². The number of ether oxygens (including phenoxy) is 1. The highest BCUT2D eigenvalue weighted by molar-refractivity contribution is 9.11. The molecule has 0 fully saturated rings. The van der Waals surface area contributed by atoms with Gasteiger partial charge in [0.15, 0.2) is 3.92 Å². The van der Waals surface area contributed by atoms with E-state index in [0.717, 1.165) is 22.6 Å². The second-order valence-electron chi connectivity index (χ2n) is 5.01. The number of halogens is 1. The van der Waals surface area contributed by atoms with Gasteiger partial charge in [-0.05, 0) is 49.5 Å². The number of thiazole rings is 1. The van der Waals surface area contributed by atoms with E-state index in [-0.39, 0.29) is 12.0 Å². The molecule has 1 aromatic rings. The fraction of sp³-hybridized carbons (Fsp3) is 0.636. The van der Waals surface area contributed by atoms with Gasteiger partial charge in [-0.25, -0.2) is 9.78 Å². The van der Waals surface area contributed by atoms with Crippen molar-refractivity contribution in [1.82, 2.24) is 4.98 Å². The first-order valence-electron chi connectivity index (χ1n) is 5.50. The van der Waals surface area contributed by atoms with Crippen molar-refractivity contribution in [2.24, 2.45) is 0 Å². The Labute approximate surface area is 113 Å². The maximum absolute atomic E-state index is 11.9. The molecule has 4 nitrogen and oxygen atoms in total. The van der Waals surface area contributed by atoms with E-state index >= 15 is 0 Å². The number of aryl methyl sites for hydroxylation is 1. The molecule has 0 aliphatic carbocycles. The monoisotopic (exact) mass is 318 g/mol. The van der Waals surface area contributed by atoms with Gasteiger partial charge in [0, 0.05) is 4.88 Å². The first kappa shape index (κ1) is 12.8. The number of fused-ring (bicyclic) bond motifs is 1. The third-order valence-corrected chi connectivity index (χ3v) is 3.90. The van der Waals surface area contributed by atoms with Gasteiger partial charge < -0.3 is 10.1 Å². The van der Waals surface area contributed by atoms with Crippen LogP contribution in [0.2, 0.25) is 0 Å². The highest BCUT2D eigenvalue weighted by atomic mass is 79.9. The number of carbonyl (C=O) groups excluding carboxylic acids is 1. The molecular weight excluding hydrogens is 304 g/mol. The van der Waals surface area contributed by atoms with Crippen molar-refractivity contribution in [3.8, 4) is 0 Å². The molecule has 1 aromatic heterocycles. The van der Waals surface area contributed by atoms with E-state index in [0.29, 0.717) is 0 Å². The fourth-order valence-corrected chi connectivity index (χ4v) is 3.19. The standard InChI is InChI=1S/C11H15BrN2O2S/c1-11(2,3)16-9(15)6-4-5-7-8(13-6)14-10(12)17-7/h6,13H,4-5H2,1-3H3. The van der Waals surface area contributed by atoms with Crippen LogP contribution in [0.15, 0.2) is 3.92 Å². The van der Waals surface area contributed by atoms with Gasteiger partial charge in [0.05, 0.1) is 0 Å². The second kappa shape index (κ2) is 4.57. The lowest BCUT2D eigenvalue weighted by atomic mass is 10.1. The molecule has 94 valence electrons. The van der Waals surface area contributed by atoms with Gasteiger partial charge in [-0.2, -0.15) is 0 Å². The Balaban J connectivity index is 2.05. The Morgan fingerprint density at radius 2 is 2.29 bits per heavy atom. The average molecular weight is 319 g/mol. The van der Waals surface area contributed by atoms with Gasteiger partial charge in [-0.15, -0.1) is 11.3 Å². The maximum atomic E-state index is 11.9. The Bertz CT molecular complexity index is 439. The van der Waals surface area contributed by atoms with E-state index < -0.39 is 5.60 Å². The van der Waals surface area contributed by atoms with E-state index in [1.807, 2.05) is 20.8 Å². The molecule has 0 bridgehead atoms. The third kappa shape index (κ3) is 3.19. The maximum Gasteiger partial charge on any atom is 0.329 e. The van der Waals surface area contributed by atoms with E-state index in [1.54, 1.807) is 11.3 Å². The number of rotatable bonds is 1. The third-order valence-electron chi connectivity index (χ3n) is 2.33. The summed E-state index contributed by atoms with van der Waals surface area (Å²) < 4.78 is 6.21. The lowest BCUT2D eigenvalue weighted by Gasteiger charge is -2.26. The zero-order valence-electron chi connectivity index (χ0n) is 10.0. The molecule has 0 radical (unpaired) electrons. The van der Waals surface area contributed by atoms with Crippen LogP contribution < -0.4 is 5.32 Å². The van der Waals surface area contributed by atoms with Crippen molar-refractivity contribution in [2.75, 3.05) is 5.32 Å². The molecule has 1 unspecified atom stereocenters. The van der Waals surface area contributed by atoms with Crippen LogP contribution in [0.4, 0.5) is 5.82 Å². The van der Waals surface area contributed by atoms with Crippen molar-refractivity contribution in [2.45, 2.75) is 45.3 Å². The molecule has 0 aromatic carbocycles. The molecule has 0 saturated carbocycles. The Hall–Kier alpha value is -0.620. The molecule has 2 rings (SSSR count). The second-order valence-corrected chi connectivity index (χ2v) is 7.37. The number of hydrogen-bond acceptors (Lipinski definition) is 5. The zero-order chi connectivity index (χ0) is 12.6. The molecule has 1 atom stereocenters. The van der Waals surface area contributed by atoms with Crippen molar-refractivity contribution in [3.05, 3.63) is 8.79 Å². The first-order chi connectivity index (χ1) is 7.85. The van der Waals surface area contributed by atoms with Crippen LogP contribution in [-0.2, 0) is 16.0 Å². The lowest BCUT2D eigenvalue weighted by Crippen LogP contribution is -2.38. The zero-order valence-corrected chi connectivity index (χ0v) is 12.4. The van der Waals surface area contributed by atoms with Crippen LogP contribution in [0.3, 0.4) is 0 Å². The predicted molar refractivity (Wildman–Crippen MR) is 71.4 cm³/mol. The molecule has 6 heteroatoms. The fourth-order valence-electron chi connectivity index (χ4n) is 1.67. The summed E-state index contributed by atoms with van der Waals surface area (Å²) in [6.07, 6.45) is 1.63. The molecule has 2 heterocycles. The predicted octanol–water partition coefficient (Wildman–Crippen LogP) is 2.97. The summed E-state index contributed by atoms with van der Waals surface area (Å²) in [6.45, 7) is 5.62. The van der Waals surface area contributed by atoms with Gasteiger partial charge in [0.1, 0.15) is 17.5 Å². The summed E-state index contributed by atoms with van der Waals surface area (Å²) in [5, 5.41) is 3.13. The van der Waals surface area contributed by atoms with Crippen LogP contribution in [0.1, 0.15) is 32.1 Å². The Morgan fingerprint density at radius 1 is 1.59 bits per heavy atom. The molecule has 1 N–H and O–H groups in total. The van der Waals surface area contributed by atoms with Gasteiger partial charge in [-0.3, -0.25) is 0 Å². The number of hydrogen-bond donors (Lipinski definition) is 1. The summed E-state index contributed by atoms with van der Waals surface area (Å²) in [5.41, 5.74) is -0.443. The topological polar surface area (TPSA) is 51.2 Å². The molecule has 0 spiro atoms.